The summed E-state index contributed by atoms with van der Waals surface area (Å²) in [6.07, 6.45) is 1.46. The van der Waals surface area contributed by atoms with Gasteiger partial charge in [-0.1, -0.05) is 30.3 Å². The summed E-state index contributed by atoms with van der Waals surface area (Å²) in [7, 11) is 0. The fourth-order valence-electron chi connectivity index (χ4n) is 3.33. The van der Waals surface area contributed by atoms with E-state index in [1.807, 2.05) is 30.3 Å². The Balaban J connectivity index is 1.70. The maximum Gasteiger partial charge on any atom is 0.257 e. The molecule has 0 unspecified atom stereocenters. The van der Waals surface area contributed by atoms with Crippen molar-refractivity contribution >= 4 is 17.8 Å². The highest BCUT2D eigenvalue weighted by atomic mass is 16.5. The molecule has 2 aromatic rings. The summed E-state index contributed by atoms with van der Waals surface area (Å²) in [6, 6.07) is 9.16. The first kappa shape index (κ1) is 16.5. The van der Waals surface area contributed by atoms with Crippen molar-refractivity contribution in [2.75, 3.05) is 32.0 Å². The molecule has 134 valence electrons. The van der Waals surface area contributed by atoms with Crippen molar-refractivity contribution in [3.63, 3.8) is 0 Å². The number of nitrogen functional groups attached to an aromatic ring is 1. The van der Waals surface area contributed by atoms with Gasteiger partial charge in [-0.2, -0.15) is 0 Å². The Morgan fingerprint density at radius 1 is 1.23 bits per heavy atom. The summed E-state index contributed by atoms with van der Waals surface area (Å²) in [5.41, 5.74) is 7.40. The van der Waals surface area contributed by atoms with Gasteiger partial charge in [-0.3, -0.25) is 9.59 Å². The van der Waals surface area contributed by atoms with Gasteiger partial charge in [0.2, 0.25) is 11.9 Å². The Morgan fingerprint density at radius 2 is 2.04 bits per heavy atom. The molecule has 1 aromatic heterocycles. The number of amides is 2. The van der Waals surface area contributed by atoms with Crippen molar-refractivity contribution in [1.82, 2.24) is 20.2 Å². The van der Waals surface area contributed by atoms with Crippen molar-refractivity contribution in [3.05, 3.63) is 42.1 Å². The molecule has 2 aliphatic rings. The van der Waals surface area contributed by atoms with Crippen molar-refractivity contribution in [2.45, 2.75) is 6.04 Å². The number of benzene rings is 1. The van der Waals surface area contributed by atoms with E-state index in [1.165, 1.54) is 6.20 Å². The summed E-state index contributed by atoms with van der Waals surface area (Å²) in [5, 5.41) is 2.92. The fraction of sp³-hybridized carbons (Fsp3) is 0.333. The second kappa shape index (κ2) is 6.72. The number of nitrogens with two attached hydrogens (primary N) is 1. The summed E-state index contributed by atoms with van der Waals surface area (Å²) < 4.78 is 5.51. The van der Waals surface area contributed by atoms with E-state index in [2.05, 4.69) is 15.3 Å². The van der Waals surface area contributed by atoms with E-state index >= 15 is 0 Å². The SMILES string of the molecule is Nc1ncc(C(=O)N2C[C@H]3COC[C@@H](C2)C(=O)N3)c(-c2ccccc2)n1. The number of hydrogen-bond donors (Lipinski definition) is 2. The number of anilines is 1. The predicted octanol–water partition coefficient (Wildman–Crippen LogP) is 0.313. The number of hydrogen-bond acceptors (Lipinski definition) is 6. The highest BCUT2D eigenvalue weighted by Crippen LogP contribution is 2.24. The molecule has 0 spiro atoms. The van der Waals surface area contributed by atoms with Crippen LogP contribution >= 0.6 is 0 Å². The van der Waals surface area contributed by atoms with E-state index in [0.29, 0.717) is 37.6 Å². The van der Waals surface area contributed by atoms with Crippen molar-refractivity contribution in [3.8, 4) is 11.3 Å². The smallest absolute Gasteiger partial charge is 0.257 e. The molecular weight excluding hydrogens is 334 g/mol. The molecule has 2 bridgehead atoms. The Labute approximate surface area is 150 Å². The van der Waals surface area contributed by atoms with Crippen molar-refractivity contribution in [1.29, 1.82) is 0 Å². The summed E-state index contributed by atoms with van der Waals surface area (Å²) in [6.45, 7) is 1.41. The van der Waals surface area contributed by atoms with Gasteiger partial charge in [-0.25, -0.2) is 9.97 Å². The monoisotopic (exact) mass is 353 g/mol. The number of rotatable bonds is 2. The molecule has 0 saturated carbocycles. The maximum absolute atomic E-state index is 13.2. The third-order valence-electron chi connectivity index (χ3n) is 4.61. The molecule has 1 aromatic carbocycles. The van der Waals surface area contributed by atoms with Crippen LogP contribution in [0.4, 0.5) is 5.95 Å². The normalized spacial score (nSPS) is 22.5. The highest BCUT2D eigenvalue weighted by molar-refractivity contribution is 6.00. The van der Waals surface area contributed by atoms with Crippen LogP contribution in [0.1, 0.15) is 10.4 Å². The quantitative estimate of drug-likeness (QED) is 0.804. The second-order valence-electron chi connectivity index (χ2n) is 6.51. The van der Waals surface area contributed by atoms with Gasteiger partial charge in [0.15, 0.2) is 0 Å². The lowest BCUT2D eigenvalue weighted by molar-refractivity contribution is -0.125. The van der Waals surface area contributed by atoms with Crippen LogP contribution in [0.2, 0.25) is 0 Å². The minimum Gasteiger partial charge on any atom is -0.378 e. The number of fused-ring (bicyclic) bond motifs is 3. The van der Waals surface area contributed by atoms with Gasteiger partial charge in [0.05, 0.1) is 36.4 Å². The van der Waals surface area contributed by atoms with E-state index in [4.69, 9.17) is 10.5 Å². The topological polar surface area (TPSA) is 110 Å². The Kier molecular flexibility index (Phi) is 4.26. The minimum absolute atomic E-state index is 0.0698. The van der Waals surface area contributed by atoms with Crippen LogP contribution in [0.3, 0.4) is 0 Å². The Hall–Kier alpha value is -3.00. The van der Waals surface area contributed by atoms with Crippen molar-refractivity contribution in [2.24, 2.45) is 5.92 Å². The standard InChI is InChI=1S/C18H19N5O3/c19-18-20-6-14(15(22-18)11-4-2-1-3-5-11)17(25)23-7-12-9-26-10-13(8-23)21-16(12)24/h1-6,12-13H,7-10H2,(H,21,24)(H2,19,20,22)/t12-,13+/m1/s1. The van der Waals surface area contributed by atoms with E-state index in [9.17, 15) is 9.59 Å². The van der Waals surface area contributed by atoms with Crippen LogP contribution in [0, 0.1) is 5.92 Å². The lowest BCUT2D eigenvalue weighted by Gasteiger charge is -2.28. The van der Waals surface area contributed by atoms with Crippen molar-refractivity contribution < 1.29 is 14.3 Å². The molecule has 2 atom stereocenters. The molecule has 2 amide bonds. The molecule has 3 N–H and O–H groups in total. The van der Waals surface area contributed by atoms with Gasteiger partial charge in [-0.05, 0) is 0 Å². The van der Waals surface area contributed by atoms with E-state index in [0.717, 1.165) is 5.56 Å². The molecule has 0 radical (unpaired) electrons. The van der Waals surface area contributed by atoms with Gasteiger partial charge in [0.25, 0.3) is 5.91 Å². The van der Waals surface area contributed by atoms with E-state index < -0.39 is 0 Å². The Morgan fingerprint density at radius 3 is 2.85 bits per heavy atom. The van der Waals surface area contributed by atoms with Gasteiger partial charge in [-0.15, -0.1) is 0 Å². The lowest BCUT2D eigenvalue weighted by atomic mass is 10.0. The van der Waals surface area contributed by atoms with Crippen LogP contribution in [0.15, 0.2) is 36.5 Å². The number of aromatic nitrogens is 2. The molecule has 8 heteroatoms. The first-order chi connectivity index (χ1) is 12.6. The molecular formula is C18H19N5O3. The van der Waals surface area contributed by atoms with E-state index in [1.54, 1.807) is 4.90 Å². The van der Waals surface area contributed by atoms with E-state index in [-0.39, 0.29) is 29.7 Å². The number of ether oxygens (including phenoxy) is 1. The molecule has 26 heavy (non-hydrogen) atoms. The number of nitrogens with zero attached hydrogens (tertiary/aromatic N) is 3. The zero-order valence-corrected chi connectivity index (χ0v) is 14.1. The van der Waals surface area contributed by atoms with Crippen LogP contribution in [-0.4, -0.2) is 59.0 Å². The summed E-state index contributed by atoms with van der Waals surface area (Å²) in [5.74, 6) is -0.545. The van der Waals surface area contributed by atoms with Gasteiger partial charge < -0.3 is 20.7 Å². The minimum atomic E-state index is -0.374. The zero-order valence-electron chi connectivity index (χ0n) is 14.1. The summed E-state index contributed by atoms with van der Waals surface area (Å²) in [4.78, 5) is 35.3. The van der Waals surface area contributed by atoms with Crippen LogP contribution in [-0.2, 0) is 9.53 Å². The number of nitrogens with one attached hydrogen (secondary N) is 1. The van der Waals surface area contributed by atoms with Crippen LogP contribution in [0.25, 0.3) is 11.3 Å². The molecule has 8 nitrogen and oxygen atoms in total. The number of carbonyl (C=O) groups excluding carboxylic acids is 2. The average molecular weight is 353 g/mol. The first-order valence-corrected chi connectivity index (χ1v) is 8.47. The van der Waals surface area contributed by atoms with Gasteiger partial charge in [0.1, 0.15) is 0 Å². The third kappa shape index (κ3) is 3.11. The summed E-state index contributed by atoms with van der Waals surface area (Å²) >= 11 is 0. The molecule has 2 fully saturated rings. The third-order valence-corrected chi connectivity index (χ3v) is 4.61. The van der Waals surface area contributed by atoms with Crippen LogP contribution in [0.5, 0.6) is 0 Å². The molecule has 4 rings (SSSR count). The van der Waals surface area contributed by atoms with Crippen LogP contribution < -0.4 is 11.1 Å². The fourth-order valence-corrected chi connectivity index (χ4v) is 3.33. The Bertz CT molecular complexity index is 842. The van der Waals surface area contributed by atoms with Gasteiger partial charge in [0, 0.05) is 24.8 Å². The maximum atomic E-state index is 13.2. The number of carbonyl (C=O) groups is 2. The average Bonchev–Trinajstić information content (AvgIpc) is 2.90. The second-order valence-corrected chi connectivity index (χ2v) is 6.51. The first-order valence-electron chi connectivity index (χ1n) is 8.47. The largest absolute Gasteiger partial charge is 0.378 e. The predicted molar refractivity (Wildman–Crippen MR) is 94.0 cm³/mol. The molecule has 0 aliphatic carbocycles. The zero-order chi connectivity index (χ0) is 18.1. The highest BCUT2D eigenvalue weighted by Gasteiger charge is 2.36. The molecule has 2 aliphatic heterocycles. The van der Waals surface area contributed by atoms with Gasteiger partial charge >= 0.3 is 0 Å². The lowest BCUT2D eigenvalue weighted by Crippen LogP contribution is -2.44. The molecule has 3 heterocycles. The molecule has 2 saturated heterocycles.